The molecule has 0 atom stereocenters. The highest BCUT2D eigenvalue weighted by Gasteiger charge is 2.34. The van der Waals surface area contributed by atoms with Crippen LogP contribution in [0.4, 0.5) is 18.9 Å². The second-order valence-electron chi connectivity index (χ2n) is 6.21. The third-order valence-corrected chi connectivity index (χ3v) is 4.64. The van der Waals surface area contributed by atoms with Crippen LogP contribution in [0.5, 0.6) is 17.2 Å². The maximum absolute atomic E-state index is 13.2. The Morgan fingerprint density at radius 2 is 1.87 bits per heavy atom. The van der Waals surface area contributed by atoms with E-state index >= 15 is 0 Å². The smallest absolute Gasteiger partial charge is 0.418 e. The van der Waals surface area contributed by atoms with Gasteiger partial charge in [0.15, 0.2) is 17.3 Å². The monoisotopic (exact) mass is 483 g/mol. The molecule has 2 aromatic carbocycles. The number of hydrogen-bond acceptors (Lipinski definition) is 5. The molecule has 1 aliphatic heterocycles. The van der Waals surface area contributed by atoms with Gasteiger partial charge in [-0.15, -0.1) is 0 Å². The van der Waals surface area contributed by atoms with Gasteiger partial charge in [0.2, 0.25) is 6.79 Å². The van der Waals surface area contributed by atoms with Crippen molar-refractivity contribution in [3.63, 3.8) is 0 Å². The average molecular weight is 484 g/mol. The molecule has 0 spiro atoms. The molecule has 0 bridgehead atoms. The minimum absolute atomic E-state index is 0.0129. The largest absolute Gasteiger partial charge is 0.486 e. The van der Waals surface area contributed by atoms with Crippen LogP contribution in [0.15, 0.2) is 57.4 Å². The molecule has 0 saturated heterocycles. The van der Waals surface area contributed by atoms with Gasteiger partial charge in [-0.1, -0.05) is 15.9 Å². The molecule has 3 aromatic rings. The predicted molar refractivity (Wildman–Crippen MR) is 103 cm³/mol. The number of amides is 1. The van der Waals surface area contributed by atoms with Crippen LogP contribution in [0.2, 0.25) is 0 Å². The number of nitrogens with one attached hydrogen (secondary N) is 1. The van der Waals surface area contributed by atoms with Gasteiger partial charge in [-0.25, -0.2) is 0 Å². The SMILES string of the molecule is O=C(Nc1ccc(Br)cc1C(F)(F)F)c1ccc(COc2ccc3c(c2)OCO3)o1. The molecule has 6 nitrogen and oxygen atoms in total. The van der Waals surface area contributed by atoms with E-state index in [0.29, 0.717) is 23.0 Å². The Hall–Kier alpha value is -3.14. The van der Waals surface area contributed by atoms with Crippen molar-refractivity contribution in [3.05, 3.63) is 70.1 Å². The summed E-state index contributed by atoms with van der Waals surface area (Å²) >= 11 is 3.00. The summed E-state index contributed by atoms with van der Waals surface area (Å²) in [5, 5.41) is 2.23. The fraction of sp³-hybridized carbons (Fsp3) is 0.150. The van der Waals surface area contributed by atoms with E-state index in [-0.39, 0.29) is 29.3 Å². The minimum Gasteiger partial charge on any atom is -0.486 e. The number of hydrogen-bond donors (Lipinski definition) is 1. The molecule has 1 N–H and O–H groups in total. The molecule has 1 amide bonds. The Morgan fingerprint density at radius 1 is 1.07 bits per heavy atom. The summed E-state index contributed by atoms with van der Waals surface area (Å²) in [5.41, 5.74) is -1.34. The number of halogens is 4. The van der Waals surface area contributed by atoms with Crippen molar-refractivity contribution in [2.75, 3.05) is 12.1 Å². The fourth-order valence-corrected chi connectivity index (χ4v) is 3.10. The highest BCUT2D eigenvalue weighted by atomic mass is 79.9. The van der Waals surface area contributed by atoms with Crippen molar-refractivity contribution in [1.82, 2.24) is 0 Å². The molecular formula is C20H13BrF3NO5. The van der Waals surface area contributed by atoms with Crippen molar-refractivity contribution in [2.45, 2.75) is 12.8 Å². The lowest BCUT2D eigenvalue weighted by Gasteiger charge is -2.13. The number of furan rings is 1. The van der Waals surface area contributed by atoms with Crippen LogP contribution in [-0.4, -0.2) is 12.7 Å². The number of fused-ring (bicyclic) bond motifs is 1. The van der Waals surface area contributed by atoms with Crippen molar-refractivity contribution in [2.24, 2.45) is 0 Å². The molecular weight excluding hydrogens is 471 g/mol. The number of carbonyl (C=O) groups is 1. The lowest BCUT2D eigenvalue weighted by molar-refractivity contribution is -0.137. The van der Waals surface area contributed by atoms with Crippen molar-refractivity contribution in [3.8, 4) is 17.2 Å². The summed E-state index contributed by atoms with van der Waals surface area (Å²) in [6.45, 7) is 0.156. The summed E-state index contributed by atoms with van der Waals surface area (Å²) in [7, 11) is 0. The van der Waals surface area contributed by atoms with Crippen LogP contribution in [0.3, 0.4) is 0 Å². The zero-order chi connectivity index (χ0) is 21.3. The zero-order valence-corrected chi connectivity index (χ0v) is 16.7. The normalized spacial score (nSPS) is 12.7. The molecule has 0 aliphatic carbocycles. The molecule has 10 heteroatoms. The van der Waals surface area contributed by atoms with Gasteiger partial charge in [-0.3, -0.25) is 4.79 Å². The minimum atomic E-state index is -4.63. The van der Waals surface area contributed by atoms with E-state index in [1.54, 1.807) is 18.2 Å². The quantitative estimate of drug-likeness (QED) is 0.509. The first-order valence-corrected chi connectivity index (χ1v) is 9.38. The standard InChI is InChI=1S/C20H13BrF3NO5/c21-11-1-4-15(14(7-11)20(22,23)24)25-19(26)17-6-3-13(30-17)9-27-12-2-5-16-18(8-12)29-10-28-16/h1-8H,9-10H2,(H,25,26). The number of alkyl halides is 3. The first-order chi connectivity index (χ1) is 14.3. The predicted octanol–water partition coefficient (Wildman–Crippen LogP) is 5.62. The Balaban J connectivity index is 1.42. The summed E-state index contributed by atoms with van der Waals surface area (Å²) in [5.74, 6) is 1.05. The number of ether oxygens (including phenoxy) is 3. The van der Waals surface area contributed by atoms with Crippen LogP contribution in [0.25, 0.3) is 0 Å². The Kier molecular flexibility index (Phi) is 5.33. The number of benzene rings is 2. The van der Waals surface area contributed by atoms with E-state index in [9.17, 15) is 18.0 Å². The maximum Gasteiger partial charge on any atom is 0.418 e. The lowest BCUT2D eigenvalue weighted by atomic mass is 10.1. The molecule has 30 heavy (non-hydrogen) atoms. The molecule has 2 heterocycles. The van der Waals surface area contributed by atoms with Gasteiger partial charge in [-0.2, -0.15) is 13.2 Å². The molecule has 0 fully saturated rings. The van der Waals surface area contributed by atoms with Gasteiger partial charge in [0.1, 0.15) is 18.1 Å². The number of rotatable bonds is 5. The van der Waals surface area contributed by atoms with Crippen molar-refractivity contribution < 1.29 is 36.6 Å². The third-order valence-electron chi connectivity index (χ3n) is 4.15. The number of anilines is 1. The Bertz CT molecular complexity index is 1100. The Morgan fingerprint density at radius 3 is 2.67 bits per heavy atom. The van der Waals surface area contributed by atoms with E-state index in [1.165, 1.54) is 18.2 Å². The fourth-order valence-electron chi connectivity index (χ4n) is 2.74. The van der Waals surface area contributed by atoms with Crippen LogP contribution in [-0.2, 0) is 12.8 Å². The van der Waals surface area contributed by atoms with Gasteiger partial charge < -0.3 is 23.9 Å². The van der Waals surface area contributed by atoms with E-state index in [1.807, 2.05) is 0 Å². The van der Waals surface area contributed by atoms with E-state index in [4.69, 9.17) is 18.6 Å². The van der Waals surface area contributed by atoms with E-state index in [0.717, 1.165) is 12.1 Å². The molecule has 4 rings (SSSR count). The van der Waals surface area contributed by atoms with Gasteiger partial charge in [0.05, 0.1) is 11.3 Å². The second-order valence-corrected chi connectivity index (χ2v) is 7.13. The first kappa shape index (κ1) is 20.1. The first-order valence-electron chi connectivity index (χ1n) is 8.59. The summed E-state index contributed by atoms with van der Waals surface area (Å²) in [4.78, 5) is 12.3. The van der Waals surface area contributed by atoms with Gasteiger partial charge in [-0.05, 0) is 42.5 Å². The van der Waals surface area contributed by atoms with Crippen LogP contribution < -0.4 is 19.5 Å². The second kappa shape index (κ2) is 7.94. The molecule has 156 valence electrons. The van der Waals surface area contributed by atoms with Gasteiger partial charge in [0, 0.05) is 10.5 Å². The number of carbonyl (C=O) groups excluding carboxylic acids is 1. The lowest BCUT2D eigenvalue weighted by Crippen LogP contribution is -2.16. The maximum atomic E-state index is 13.2. The summed E-state index contributed by atoms with van der Waals surface area (Å²) in [6, 6.07) is 11.4. The van der Waals surface area contributed by atoms with E-state index < -0.39 is 17.6 Å². The summed E-state index contributed by atoms with van der Waals surface area (Å²) in [6.07, 6.45) is -4.63. The zero-order valence-electron chi connectivity index (χ0n) is 15.1. The van der Waals surface area contributed by atoms with E-state index in [2.05, 4.69) is 21.2 Å². The van der Waals surface area contributed by atoms with Crippen molar-refractivity contribution in [1.29, 1.82) is 0 Å². The van der Waals surface area contributed by atoms with Gasteiger partial charge >= 0.3 is 6.18 Å². The topological polar surface area (TPSA) is 69.9 Å². The molecule has 0 unspecified atom stereocenters. The molecule has 1 aliphatic rings. The third kappa shape index (κ3) is 4.38. The van der Waals surface area contributed by atoms with Crippen LogP contribution in [0.1, 0.15) is 21.9 Å². The summed E-state index contributed by atoms with van der Waals surface area (Å²) < 4.78 is 61.3. The highest BCUT2D eigenvalue weighted by molar-refractivity contribution is 9.10. The van der Waals surface area contributed by atoms with Crippen molar-refractivity contribution >= 4 is 27.5 Å². The van der Waals surface area contributed by atoms with Crippen LogP contribution >= 0.6 is 15.9 Å². The average Bonchev–Trinajstić information content (AvgIpc) is 3.35. The van der Waals surface area contributed by atoms with Gasteiger partial charge in [0.25, 0.3) is 5.91 Å². The molecule has 1 aromatic heterocycles. The molecule has 0 radical (unpaired) electrons. The highest BCUT2D eigenvalue weighted by Crippen LogP contribution is 2.37. The van der Waals surface area contributed by atoms with Crippen LogP contribution in [0, 0.1) is 0 Å². The molecule has 0 saturated carbocycles. The Labute approximate surface area is 176 Å².